The lowest BCUT2D eigenvalue weighted by Gasteiger charge is -2.06. The molecule has 3 heterocycles. The highest BCUT2D eigenvalue weighted by molar-refractivity contribution is 5.91. The molecule has 1 fully saturated rings. The number of aromatic nitrogens is 2. The van der Waals surface area contributed by atoms with Gasteiger partial charge in [0, 0.05) is 38.2 Å². The van der Waals surface area contributed by atoms with E-state index in [9.17, 15) is 4.79 Å². The molecule has 3 rings (SSSR count). The number of amidine groups is 1. The molecule has 0 saturated carbocycles. The number of nitriles is 1. The fourth-order valence-corrected chi connectivity index (χ4v) is 2.73. The number of aryl methyl sites for hydroxylation is 1. The van der Waals surface area contributed by atoms with Crippen LogP contribution in [0.25, 0.3) is 5.57 Å². The molecule has 0 unspecified atom stereocenters. The van der Waals surface area contributed by atoms with E-state index in [0.29, 0.717) is 37.6 Å². The second-order valence-electron chi connectivity index (χ2n) is 6.28. The van der Waals surface area contributed by atoms with Crippen LogP contribution in [0.15, 0.2) is 35.3 Å². The first kappa shape index (κ1) is 20.4. The number of nitrogens with one attached hydrogen (secondary N) is 2. The van der Waals surface area contributed by atoms with Crippen LogP contribution in [0.5, 0.6) is 0 Å². The summed E-state index contributed by atoms with van der Waals surface area (Å²) in [7, 11) is 3.52. The van der Waals surface area contributed by atoms with E-state index >= 15 is 0 Å². The minimum atomic E-state index is 0.292. The van der Waals surface area contributed by atoms with Crippen LogP contribution in [0.1, 0.15) is 24.8 Å². The Labute approximate surface area is 159 Å². The van der Waals surface area contributed by atoms with Crippen LogP contribution in [0, 0.1) is 17.2 Å². The van der Waals surface area contributed by atoms with Crippen molar-refractivity contribution in [3.05, 3.63) is 35.9 Å². The van der Waals surface area contributed by atoms with Crippen LogP contribution in [0.2, 0.25) is 0 Å². The van der Waals surface area contributed by atoms with Crippen molar-refractivity contribution in [3.63, 3.8) is 0 Å². The number of aliphatic imine (C=N–C) groups is 1. The van der Waals surface area contributed by atoms with Gasteiger partial charge in [-0.05, 0) is 24.6 Å². The molecule has 0 spiro atoms. The molecule has 0 aliphatic carbocycles. The van der Waals surface area contributed by atoms with Crippen molar-refractivity contribution in [2.24, 2.45) is 18.0 Å². The first-order valence-corrected chi connectivity index (χ1v) is 8.92. The van der Waals surface area contributed by atoms with Gasteiger partial charge in [-0.2, -0.15) is 10.4 Å². The minimum absolute atomic E-state index is 0.292. The lowest BCUT2D eigenvalue weighted by molar-refractivity contribution is -0.108. The topological polar surface area (TPSA) is 104 Å². The van der Waals surface area contributed by atoms with E-state index in [2.05, 4.69) is 26.8 Å². The molecule has 1 aromatic heterocycles. The van der Waals surface area contributed by atoms with E-state index in [1.807, 2.05) is 25.4 Å². The van der Waals surface area contributed by atoms with Crippen LogP contribution in [0.4, 0.5) is 0 Å². The average Bonchev–Trinajstić information content (AvgIpc) is 3.36. The number of methoxy groups -OCH3 is 1. The van der Waals surface area contributed by atoms with Crippen molar-refractivity contribution in [2.45, 2.75) is 19.3 Å². The predicted octanol–water partition coefficient (Wildman–Crippen LogP) is 1.39. The van der Waals surface area contributed by atoms with Gasteiger partial charge in [-0.1, -0.05) is 6.08 Å². The number of carbonyl (C=O) groups is 1. The van der Waals surface area contributed by atoms with E-state index < -0.39 is 0 Å². The molecule has 1 saturated heterocycles. The zero-order valence-corrected chi connectivity index (χ0v) is 15.8. The largest absolute Gasteiger partial charge is 0.501 e. The summed E-state index contributed by atoms with van der Waals surface area (Å²) in [6.45, 7) is 2.42. The van der Waals surface area contributed by atoms with Crippen LogP contribution < -0.4 is 10.6 Å². The Morgan fingerprint density at radius 3 is 2.85 bits per heavy atom. The van der Waals surface area contributed by atoms with Gasteiger partial charge in [0.05, 0.1) is 37.6 Å². The predicted molar refractivity (Wildman–Crippen MR) is 104 cm³/mol. The Kier molecular flexibility index (Phi) is 8.26. The number of ether oxygens (including phenoxy) is 1. The summed E-state index contributed by atoms with van der Waals surface area (Å²) in [5, 5.41) is 18.2. The number of allylic oxidation sites excluding steroid dienone is 3. The van der Waals surface area contributed by atoms with Gasteiger partial charge in [-0.15, -0.1) is 0 Å². The molecule has 8 nitrogen and oxygen atoms in total. The molecule has 8 heteroatoms. The van der Waals surface area contributed by atoms with E-state index in [1.165, 1.54) is 0 Å². The number of amides is 1. The molecular formula is C19H26N6O2. The highest BCUT2D eigenvalue weighted by Gasteiger charge is 2.11. The third-order valence-electron chi connectivity index (χ3n) is 4.33. The summed E-state index contributed by atoms with van der Waals surface area (Å²) in [5.41, 5.74) is 2.04. The highest BCUT2D eigenvalue weighted by Crippen LogP contribution is 2.18. The van der Waals surface area contributed by atoms with Gasteiger partial charge in [0.2, 0.25) is 6.41 Å². The zero-order valence-electron chi connectivity index (χ0n) is 15.8. The SMILES string of the molecule is CO/C1=C/C=C(/c2cnn(C)c2)CN=C(NC=O)CC1.N#C[C@H]1CCNC1. The molecule has 0 radical (unpaired) electrons. The van der Waals surface area contributed by atoms with E-state index in [0.717, 1.165) is 36.4 Å². The maximum Gasteiger partial charge on any atom is 0.212 e. The quantitative estimate of drug-likeness (QED) is 0.783. The second kappa shape index (κ2) is 10.9. The lowest BCUT2D eigenvalue weighted by Crippen LogP contribution is -2.22. The maximum absolute atomic E-state index is 10.6. The van der Waals surface area contributed by atoms with Crippen molar-refractivity contribution in [1.29, 1.82) is 5.26 Å². The Balaban J connectivity index is 0.000000313. The van der Waals surface area contributed by atoms with Gasteiger partial charge in [0.15, 0.2) is 0 Å². The zero-order chi connectivity index (χ0) is 19.5. The molecule has 2 aliphatic rings. The average molecular weight is 370 g/mol. The first-order valence-electron chi connectivity index (χ1n) is 8.92. The molecule has 0 bridgehead atoms. The second-order valence-corrected chi connectivity index (χ2v) is 6.28. The number of carbonyl (C=O) groups excluding carboxylic acids is 1. The standard InChI is InChI=1S/C14H18N4O2.C5H8N2/c1-18-9-12(8-17-18)11-3-4-13(20-2)5-6-14(15-7-11)16-10-19;6-3-5-1-2-7-4-5/h3-4,8-10H,5-7H2,1-2H3,(H,15,16,19);5,7H,1-2,4H2/b11-3+,13-4+;/t;5-/m.1/s1. The monoisotopic (exact) mass is 370 g/mol. The fraction of sp³-hybridized carbons (Fsp3) is 0.474. The summed E-state index contributed by atoms with van der Waals surface area (Å²) in [4.78, 5) is 15.0. The van der Waals surface area contributed by atoms with Crippen LogP contribution in [-0.4, -0.2) is 48.8 Å². The van der Waals surface area contributed by atoms with Crippen molar-refractivity contribution < 1.29 is 9.53 Å². The van der Waals surface area contributed by atoms with Gasteiger partial charge in [-0.3, -0.25) is 14.5 Å². The Bertz CT molecular complexity index is 750. The van der Waals surface area contributed by atoms with Crippen LogP contribution >= 0.6 is 0 Å². The molecule has 0 aromatic carbocycles. The smallest absolute Gasteiger partial charge is 0.212 e. The van der Waals surface area contributed by atoms with E-state index in [4.69, 9.17) is 10.00 Å². The highest BCUT2D eigenvalue weighted by atomic mass is 16.5. The summed E-state index contributed by atoms with van der Waals surface area (Å²) in [6.07, 6.45) is 10.7. The fourth-order valence-electron chi connectivity index (χ4n) is 2.73. The van der Waals surface area contributed by atoms with Gasteiger partial charge in [0.25, 0.3) is 0 Å². The van der Waals surface area contributed by atoms with Gasteiger partial charge in [0.1, 0.15) is 5.84 Å². The van der Waals surface area contributed by atoms with Crippen molar-refractivity contribution in [2.75, 3.05) is 26.7 Å². The lowest BCUT2D eigenvalue weighted by atomic mass is 10.1. The molecule has 144 valence electrons. The Morgan fingerprint density at radius 2 is 2.30 bits per heavy atom. The normalized spacial score (nSPS) is 23.4. The van der Waals surface area contributed by atoms with Crippen molar-refractivity contribution in [1.82, 2.24) is 20.4 Å². The van der Waals surface area contributed by atoms with Gasteiger partial charge < -0.3 is 15.4 Å². The molecule has 27 heavy (non-hydrogen) atoms. The Morgan fingerprint density at radius 1 is 1.44 bits per heavy atom. The number of nitrogens with zero attached hydrogens (tertiary/aromatic N) is 4. The van der Waals surface area contributed by atoms with Crippen molar-refractivity contribution in [3.8, 4) is 6.07 Å². The van der Waals surface area contributed by atoms with Gasteiger partial charge >= 0.3 is 0 Å². The summed E-state index contributed by atoms with van der Waals surface area (Å²) in [6, 6.07) is 2.20. The molecule has 2 N–H and O–H groups in total. The van der Waals surface area contributed by atoms with Crippen molar-refractivity contribution >= 4 is 17.8 Å². The summed E-state index contributed by atoms with van der Waals surface area (Å²) in [5.74, 6) is 1.81. The molecule has 1 atom stereocenters. The Hall–Kier alpha value is -2.92. The van der Waals surface area contributed by atoms with Crippen LogP contribution in [-0.2, 0) is 16.6 Å². The third-order valence-corrected chi connectivity index (χ3v) is 4.33. The number of hydrogen-bond donors (Lipinski definition) is 2. The van der Waals surface area contributed by atoms with Crippen LogP contribution in [0.3, 0.4) is 0 Å². The van der Waals surface area contributed by atoms with Gasteiger partial charge in [-0.25, -0.2) is 0 Å². The minimum Gasteiger partial charge on any atom is -0.501 e. The number of hydrogen-bond acceptors (Lipinski definition) is 6. The van der Waals surface area contributed by atoms with E-state index in [-0.39, 0.29) is 0 Å². The summed E-state index contributed by atoms with van der Waals surface area (Å²) < 4.78 is 7.07. The molecular weight excluding hydrogens is 344 g/mol. The first-order chi connectivity index (χ1) is 13.2. The number of rotatable bonds is 3. The summed E-state index contributed by atoms with van der Waals surface area (Å²) >= 11 is 0. The maximum atomic E-state index is 10.6. The molecule has 2 aliphatic heterocycles. The molecule has 1 amide bonds. The molecule has 1 aromatic rings. The van der Waals surface area contributed by atoms with E-state index in [1.54, 1.807) is 18.0 Å². The third kappa shape index (κ3) is 6.72.